The molecule has 7 nitrogen and oxygen atoms in total. The molecule has 2 aromatic carbocycles. The maximum absolute atomic E-state index is 14.5. The predicted octanol–water partition coefficient (Wildman–Crippen LogP) is 0.575. The van der Waals surface area contributed by atoms with E-state index in [4.69, 9.17) is 9.84 Å². The Labute approximate surface area is 167 Å². The van der Waals surface area contributed by atoms with Gasteiger partial charge in [0, 0.05) is 5.56 Å². The molecule has 2 aromatic rings. The largest absolute Gasteiger partial charge is 0.462 e. The molecule has 0 bridgehead atoms. The first-order chi connectivity index (χ1) is 13.8. The molecule has 158 valence electrons. The highest BCUT2D eigenvalue weighted by atomic mass is 19.1. The van der Waals surface area contributed by atoms with Gasteiger partial charge in [0.25, 0.3) is 0 Å². The van der Waals surface area contributed by atoms with Crippen LogP contribution in [-0.2, 0) is 9.53 Å². The third-order valence-corrected chi connectivity index (χ3v) is 4.65. The molecule has 0 aliphatic heterocycles. The third-order valence-electron chi connectivity index (χ3n) is 4.65. The molecule has 0 saturated heterocycles. The van der Waals surface area contributed by atoms with Gasteiger partial charge in [0.2, 0.25) is 0 Å². The van der Waals surface area contributed by atoms with Gasteiger partial charge in [0.1, 0.15) is 36.8 Å². The Hall–Kier alpha value is -2.36. The minimum absolute atomic E-state index is 0.373. The second-order valence-corrected chi connectivity index (χ2v) is 6.76. The quantitative estimate of drug-likeness (QED) is 0.384. The molecule has 0 saturated carbocycles. The standard InChI is InChI=1S/C21H25FO7/c1-12(21(28)29-11-18(25)20(27)19(26)17(24)10-23)14-7-8-15(16(22)9-14)13-5-3-2-4-6-13/h2-9,12,17-20,23-27H,10-11H2,1H3/t12?,17-,18-,19-,20-/m1/s1. The highest BCUT2D eigenvalue weighted by Crippen LogP contribution is 2.26. The van der Waals surface area contributed by atoms with Crippen LogP contribution in [0.4, 0.5) is 4.39 Å². The van der Waals surface area contributed by atoms with E-state index in [-0.39, 0.29) is 0 Å². The Morgan fingerprint density at radius 1 is 1.00 bits per heavy atom. The molecule has 5 N–H and O–H groups in total. The van der Waals surface area contributed by atoms with Crippen LogP contribution in [-0.4, -0.2) is 69.1 Å². The molecule has 0 amide bonds. The summed E-state index contributed by atoms with van der Waals surface area (Å²) >= 11 is 0. The predicted molar refractivity (Wildman–Crippen MR) is 102 cm³/mol. The van der Waals surface area contributed by atoms with Gasteiger partial charge in [0.15, 0.2) is 0 Å². The van der Waals surface area contributed by atoms with Crippen LogP contribution in [0.2, 0.25) is 0 Å². The van der Waals surface area contributed by atoms with Crippen LogP contribution in [0, 0.1) is 5.82 Å². The second-order valence-electron chi connectivity index (χ2n) is 6.76. The number of carbonyl (C=O) groups excluding carboxylic acids is 1. The smallest absolute Gasteiger partial charge is 0.313 e. The van der Waals surface area contributed by atoms with Gasteiger partial charge in [-0.25, -0.2) is 4.39 Å². The molecule has 0 fully saturated rings. The molecule has 0 heterocycles. The number of hydrogen-bond acceptors (Lipinski definition) is 7. The molecule has 0 radical (unpaired) electrons. The summed E-state index contributed by atoms with van der Waals surface area (Å²) in [6, 6.07) is 13.3. The number of esters is 1. The molecule has 1 unspecified atom stereocenters. The van der Waals surface area contributed by atoms with Crippen molar-refractivity contribution in [1.82, 2.24) is 0 Å². The van der Waals surface area contributed by atoms with E-state index in [1.807, 2.05) is 6.07 Å². The SMILES string of the molecule is CC(C(=O)OC[C@@H](O)[C@@H](O)[C@H](O)[C@H](O)CO)c1ccc(-c2ccccc2)c(F)c1. The van der Waals surface area contributed by atoms with E-state index in [0.29, 0.717) is 16.7 Å². The van der Waals surface area contributed by atoms with Crippen molar-refractivity contribution in [2.75, 3.05) is 13.2 Å². The molecule has 0 aliphatic carbocycles. The zero-order valence-electron chi connectivity index (χ0n) is 15.9. The summed E-state index contributed by atoms with van der Waals surface area (Å²) in [5, 5.41) is 47.1. The number of halogens is 1. The molecule has 0 spiro atoms. The van der Waals surface area contributed by atoms with Crippen LogP contribution in [0.1, 0.15) is 18.4 Å². The van der Waals surface area contributed by atoms with Crippen LogP contribution in [0.25, 0.3) is 11.1 Å². The average molecular weight is 408 g/mol. The Kier molecular flexibility index (Phi) is 8.24. The maximum atomic E-state index is 14.5. The van der Waals surface area contributed by atoms with Crippen molar-refractivity contribution < 1.29 is 39.5 Å². The number of aliphatic hydroxyl groups is 5. The number of hydrogen-bond donors (Lipinski definition) is 5. The van der Waals surface area contributed by atoms with Crippen molar-refractivity contribution in [3.8, 4) is 11.1 Å². The Bertz CT molecular complexity index is 799. The Morgan fingerprint density at radius 3 is 2.21 bits per heavy atom. The summed E-state index contributed by atoms with van der Waals surface area (Å²) in [7, 11) is 0. The number of aliphatic hydroxyl groups excluding tert-OH is 5. The molecule has 2 rings (SSSR count). The van der Waals surface area contributed by atoms with E-state index >= 15 is 0 Å². The fourth-order valence-electron chi connectivity index (χ4n) is 2.74. The van der Waals surface area contributed by atoms with E-state index in [1.165, 1.54) is 13.0 Å². The lowest BCUT2D eigenvalue weighted by Gasteiger charge is -2.25. The van der Waals surface area contributed by atoms with Crippen molar-refractivity contribution >= 4 is 5.97 Å². The summed E-state index contributed by atoms with van der Waals surface area (Å²) in [6.07, 6.45) is -6.98. The molecule has 8 heteroatoms. The summed E-state index contributed by atoms with van der Waals surface area (Å²) in [4.78, 5) is 12.2. The van der Waals surface area contributed by atoms with Gasteiger partial charge in [-0.15, -0.1) is 0 Å². The van der Waals surface area contributed by atoms with Gasteiger partial charge in [0.05, 0.1) is 12.5 Å². The number of rotatable bonds is 9. The van der Waals surface area contributed by atoms with Crippen LogP contribution >= 0.6 is 0 Å². The van der Waals surface area contributed by atoms with Crippen molar-refractivity contribution in [3.63, 3.8) is 0 Å². The molecular formula is C21H25FO7. The first-order valence-corrected chi connectivity index (χ1v) is 9.10. The Morgan fingerprint density at radius 2 is 1.62 bits per heavy atom. The van der Waals surface area contributed by atoms with E-state index in [9.17, 15) is 29.6 Å². The summed E-state index contributed by atoms with van der Waals surface area (Å²) in [5.41, 5.74) is 1.47. The average Bonchev–Trinajstić information content (AvgIpc) is 2.75. The zero-order valence-corrected chi connectivity index (χ0v) is 15.9. The lowest BCUT2D eigenvalue weighted by atomic mass is 9.97. The number of carbonyl (C=O) groups is 1. The lowest BCUT2D eigenvalue weighted by Crippen LogP contribution is -2.47. The van der Waals surface area contributed by atoms with E-state index in [0.717, 1.165) is 0 Å². The minimum Gasteiger partial charge on any atom is -0.462 e. The normalized spacial score (nSPS) is 16.5. The fraction of sp³-hybridized carbons (Fsp3) is 0.381. The topological polar surface area (TPSA) is 127 Å². The first-order valence-electron chi connectivity index (χ1n) is 9.10. The third kappa shape index (κ3) is 5.81. The lowest BCUT2D eigenvalue weighted by molar-refractivity contribution is -0.157. The molecular weight excluding hydrogens is 383 g/mol. The molecule has 0 aliphatic rings. The number of benzene rings is 2. The van der Waals surface area contributed by atoms with Gasteiger partial charge in [-0.2, -0.15) is 0 Å². The highest BCUT2D eigenvalue weighted by molar-refractivity contribution is 5.78. The van der Waals surface area contributed by atoms with Gasteiger partial charge < -0.3 is 30.3 Å². The monoisotopic (exact) mass is 408 g/mol. The fourth-order valence-corrected chi connectivity index (χ4v) is 2.74. The van der Waals surface area contributed by atoms with Crippen LogP contribution < -0.4 is 0 Å². The van der Waals surface area contributed by atoms with Crippen LogP contribution in [0.3, 0.4) is 0 Å². The first kappa shape index (κ1) is 22.9. The van der Waals surface area contributed by atoms with Gasteiger partial charge in [-0.3, -0.25) is 4.79 Å². The molecule has 5 atom stereocenters. The second kappa shape index (κ2) is 10.4. The molecule has 29 heavy (non-hydrogen) atoms. The van der Waals surface area contributed by atoms with Crippen LogP contribution in [0.5, 0.6) is 0 Å². The van der Waals surface area contributed by atoms with E-state index < -0.39 is 55.3 Å². The van der Waals surface area contributed by atoms with Crippen molar-refractivity contribution in [1.29, 1.82) is 0 Å². The van der Waals surface area contributed by atoms with Crippen molar-refractivity contribution in [2.24, 2.45) is 0 Å². The van der Waals surface area contributed by atoms with Crippen molar-refractivity contribution in [3.05, 3.63) is 59.9 Å². The Balaban J connectivity index is 1.99. The zero-order chi connectivity index (χ0) is 21.6. The summed E-state index contributed by atoms with van der Waals surface area (Å²) in [5.74, 6) is -2.10. The summed E-state index contributed by atoms with van der Waals surface area (Å²) < 4.78 is 19.4. The highest BCUT2D eigenvalue weighted by Gasteiger charge is 2.31. The summed E-state index contributed by atoms with van der Waals surface area (Å²) in [6.45, 7) is 0.0446. The van der Waals surface area contributed by atoms with Gasteiger partial charge >= 0.3 is 5.97 Å². The minimum atomic E-state index is -1.83. The maximum Gasteiger partial charge on any atom is 0.313 e. The molecule has 0 aromatic heterocycles. The van der Waals surface area contributed by atoms with Gasteiger partial charge in [-0.1, -0.05) is 42.5 Å². The van der Waals surface area contributed by atoms with E-state index in [1.54, 1.807) is 36.4 Å². The van der Waals surface area contributed by atoms with E-state index in [2.05, 4.69) is 0 Å². The van der Waals surface area contributed by atoms with Crippen molar-refractivity contribution in [2.45, 2.75) is 37.3 Å². The van der Waals surface area contributed by atoms with Gasteiger partial charge in [-0.05, 0) is 24.1 Å². The number of ether oxygens (including phenoxy) is 1. The van der Waals surface area contributed by atoms with Crippen LogP contribution in [0.15, 0.2) is 48.5 Å².